The molecule has 1 aliphatic rings. The SMILES string of the molecule is CCNC(=NCC(C)(C)NS(C)(=O)=O)NCC(c1cccs1)N1CCCC1.I. The minimum atomic E-state index is -3.27. The van der Waals surface area contributed by atoms with Crippen molar-refractivity contribution in [2.45, 2.75) is 45.2 Å². The normalized spacial score (nSPS) is 17.2. The maximum absolute atomic E-state index is 11.5. The van der Waals surface area contributed by atoms with Crippen LogP contribution in [-0.2, 0) is 10.0 Å². The Hall–Kier alpha value is -0.430. The van der Waals surface area contributed by atoms with Crippen molar-refractivity contribution in [1.82, 2.24) is 20.3 Å². The third-order valence-electron chi connectivity index (χ3n) is 4.35. The summed E-state index contributed by atoms with van der Waals surface area (Å²) in [5, 5.41) is 8.83. The van der Waals surface area contributed by atoms with E-state index in [1.807, 2.05) is 20.8 Å². The van der Waals surface area contributed by atoms with Crippen LogP contribution in [0.15, 0.2) is 22.5 Å². The molecule has 0 bridgehead atoms. The average molecular weight is 544 g/mol. The highest BCUT2D eigenvalue weighted by Crippen LogP contribution is 2.27. The second-order valence-electron chi connectivity index (χ2n) is 7.61. The van der Waals surface area contributed by atoms with Crippen molar-refractivity contribution in [3.8, 4) is 0 Å². The Morgan fingerprint density at radius 1 is 1.32 bits per heavy atom. The van der Waals surface area contributed by atoms with Crippen molar-refractivity contribution in [2.75, 3.05) is 39.0 Å². The third kappa shape index (κ3) is 8.93. The Morgan fingerprint density at radius 2 is 2.00 bits per heavy atom. The van der Waals surface area contributed by atoms with Gasteiger partial charge in [-0.05, 0) is 58.1 Å². The first-order valence-electron chi connectivity index (χ1n) is 9.49. The van der Waals surface area contributed by atoms with Crippen LogP contribution in [0.5, 0.6) is 0 Å². The van der Waals surface area contributed by atoms with Gasteiger partial charge >= 0.3 is 0 Å². The topological polar surface area (TPSA) is 85.8 Å². The van der Waals surface area contributed by atoms with E-state index in [1.54, 1.807) is 11.3 Å². The monoisotopic (exact) mass is 543 g/mol. The standard InChI is InChI=1S/C18H33N5O2S2.HI/c1-5-19-17(21-14-18(2,3)22-27(4,24)25)20-13-15(16-9-8-12-26-16)23-10-6-7-11-23;/h8-9,12,15,22H,5-7,10-11,13-14H2,1-4H3,(H2,19,20,21);1H. The number of hydrogen-bond donors (Lipinski definition) is 3. The fourth-order valence-electron chi connectivity index (χ4n) is 3.29. The van der Waals surface area contributed by atoms with Crippen molar-refractivity contribution in [3.05, 3.63) is 22.4 Å². The first kappa shape index (κ1) is 25.6. The van der Waals surface area contributed by atoms with E-state index in [4.69, 9.17) is 0 Å². The van der Waals surface area contributed by atoms with Gasteiger partial charge in [-0.25, -0.2) is 13.1 Å². The van der Waals surface area contributed by atoms with Crippen molar-refractivity contribution < 1.29 is 8.42 Å². The quantitative estimate of drug-likeness (QED) is 0.253. The van der Waals surface area contributed by atoms with Crippen LogP contribution in [0.4, 0.5) is 0 Å². The third-order valence-corrected chi connectivity index (χ3v) is 6.25. The Labute approximate surface area is 190 Å². The zero-order valence-electron chi connectivity index (χ0n) is 17.2. The van der Waals surface area contributed by atoms with Gasteiger partial charge in [-0.1, -0.05) is 6.07 Å². The molecule has 1 aromatic heterocycles. The fraction of sp³-hybridized carbons (Fsp3) is 0.722. The number of hydrogen-bond acceptors (Lipinski definition) is 5. The highest BCUT2D eigenvalue weighted by atomic mass is 127. The minimum Gasteiger partial charge on any atom is -0.357 e. The van der Waals surface area contributed by atoms with Gasteiger partial charge in [-0.15, -0.1) is 35.3 Å². The van der Waals surface area contributed by atoms with E-state index in [2.05, 4.69) is 42.8 Å². The molecule has 10 heteroatoms. The number of halogens is 1. The van der Waals surface area contributed by atoms with E-state index >= 15 is 0 Å². The maximum Gasteiger partial charge on any atom is 0.209 e. The zero-order chi connectivity index (χ0) is 19.9. The second-order valence-corrected chi connectivity index (χ2v) is 10.3. The average Bonchev–Trinajstić information content (AvgIpc) is 3.24. The predicted molar refractivity (Wildman–Crippen MR) is 129 cm³/mol. The molecule has 0 amide bonds. The van der Waals surface area contributed by atoms with E-state index < -0.39 is 15.6 Å². The van der Waals surface area contributed by atoms with Crippen LogP contribution < -0.4 is 15.4 Å². The lowest BCUT2D eigenvalue weighted by Gasteiger charge is -2.28. The molecule has 7 nitrogen and oxygen atoms in total. The number of aliphatic imine (C=N–C) groups is 1. The van der Waals surface area contributed by atoms with E-state index in [9.17, 15) is 8.42 Å². The molecule has 1 atom stereocenters. The van der Waals surface area contributed by atoms with Gasteiger partial charge in [0.15, 0.2) is 5.96 Å². The fourth-order valence-corrected chi connectivity index (χ4v) is 5.22. The molecule has 3 N–H and O–H groups in total. The molecular weight excluding hydrogens is 509 g/mol. The molecule has 1 unspecified atom stereocenters. The largest absolute Gasteiger partial charge is 0.357 e. The van der Waals surface area contributed by atoms with E-state index in [-0.39, 0.29) is 24.0 Å². The van der Waals surface area contributed by atoms with Crippen molar-refractivity contribution in [1.29, 1.82) is 0 Å². The second kappa shape index (κ2) is 11.7. The Morgan fingerprint density at radius 3 is 2.54 bits per heavy atom. The summed E-state index contributed by atoms with van der Waals surface area (Å²) in [7, 11) is -3.27. The number of sulfonamides is 1. The van der Waals surface area contributed by atoms with Gasteiger partial charge < -0.3 is 10.6 Å². The van der Waals surface area contributed by atoms with Gasteiger partial charge in [0.25, 0.3) is 0 Å². The van der Waals surface area contributed by atoms with Crippen LogP contribution >= 0.6 is 35.3 Å². The number of thiophene rings is 1. The molecule has 1 fully saturated rings. The number of likely N-dealkylation sites (tertiary alicyclic amines) is 1. The van der Waals surface area contributed by atoms with Crippen molar-refractivity contribution >= 4 is 51.3 Å². The summed E-state index contributed by atoms with van der Waals surface area (Å²) < 4.78 is 25.7. The van der Waals surface area contributed by atoms with Crippen LogP contribution in [0.3, 0.4) is 0 Å². The molecule has 0 saturated carbocycles. The van der Waals surface area contributed by atoms with Crippen molar-refractivity contribution in [3.63, 3.8) is 0 Å². The number of nitrogens with one attached hydrogen (secondary N) is 3. The summed E-state index contributed by atoms with van der Waals surface area (Å²) >= 11 is 1.79. The molecule has 162 valence electrons. The lowest BCUT2D eigenvalue weighted by Crippen LogP contribution is -2.47. The van der Waals surface area contributed by atoms with Crippen LogP contribution in [0, 0.1) is 0 Å². The van der Waals surface area contributed by atoms with Gasteiger partial charge in [0.2, 0.25) is 10.0 Å². The van der Waals surface area contributed by atoms with Gasteiger partial charge in [0.05, 0.1) is 18.8 Å². The molecule has 2 heterocycles. The maximum atomic E-state index is 11.5. The Bertz CT molecular complexity index is 702. The number of rotatable bonds is 9. The highest BCUT2D eigenvalue weighted by Gasteiger charge is 2.25. The summed E-state index contributed by atoms with van der Waals surface area (Å²) in [4.78, 5) is 8.49. The summed E-state index contributed by atoms with van der Waals surface area (Å²) in [5.74, 6) is 0.710. The number of guanidine groups is 1. The lowest BCUT2D eigenvalue weighted by atomic mass is 10.1. The highest BCUT2D eigenvalue weighted by molar-refractivity contribution is 14.0. The molecular formula is C18H34IN5O2S2. The molecule has 1 saturated heterocycles. The van der Waals surface area contributed by atoms with E-state index in [1.165, 1.54) is 24.0 Å². The van der Waals surface area contributed by atoms with Gasteiger partial charge in [-0.2, -0.15) is 0 Å². The summed E-state index contributed by atoms with van der Waals surface area (Å²) in [6.07, 6.45) is 3.67. The molecule has 0 spiro atoms. The lowest BCUT2D eigenvalue weighted by molar-refractivity contribution is 0.249. The van der Waals surface area contributed by atoms with Crippen LogP contribution in [0.1, 0.15) is 44.5 Å². The predicted octanol–water partition coefficient (Wildman–Crippen LogP) is 2.39. The first-order chi connectivity index (χ1) is 12.7. The smallest absolute Gasteiger partial charge is 0.209 e. The molecule has 0 aliphatic carbocycles. The summed E-state index contributed by atoms with van der Waals surface area (Å²) in [6, 6.07) is 4.62. The molecule has 2 rings (SSSR count). The molecule has 0 aromatic carbocycles. The first-order valence-corrected chi connectivity index (χ1v) is 12.3. The molecule has 1 aromatic rings. The summed E-state index contributed by atoms with van der Waals surface area (Å²) in [6.45, 7) is 9.81. The van der Waals surface area contributed by atoms with E-state index in [0.29, 0.717) is 18.5 Å². The Balaban J connectivity index is 0.00000392. The van der Waals surface area contributed by atoms with Gasteiger partial charge in [0.1, 0.15) is 0 Å². The van der Waals surface area contributed by atoms with Gasteiger partial charge in [-0.3, -0.25) is 9.89 Å². The van der Waals surface area contributed by atoms with Crippen LogP contribution in [0.25, 0.3) is 0 Å². The molecule has 28 heavy (non-hydrogen) atoms. The van der Waals surface area contributed by atoms with E-state index in [0.717, 1.165) is 26.2 Å². The zero-order valence-corrected chi connectivity index (χ0v) is 21.2. The van der Waals surface area contributed by atoms with Gasteiger partial charge in [0, 0.05) is 23.5 Å². The van der Waals surface area contributed by atoms with Crippen LogP contribution in [-0.4, -0.2) is 63.8 Å². The molecule has 0 radical (unpaired) electrons. The minimum absolute atomic E-state index is 0. The number of nitrogens with zero attached hydrogens (tertiary/aromatic N) is 2. The summed E-state index contributed by atoms with van der Waals surface area (Å²) in [5.41, 5.74) is -0.641. The molecule has 1 aliphatic heterocycles. The Kier molecular flexibility index (Phi) is 10.7. The van der Waals surface area contributed by atoms with Crippen molar-refractivity contribution in [2.24, 2.45) is 4.99 Å². The van der Waals surface area contributed by atoms with Crippen LogP contribution in [0.2, 0.25) is 0 Å².